The number of hydrogen-bond acceptors (Lipinski definition) is 10. The second kappa shape index (κ2) is 21.1. The summed E-state index contributed by atoms with van der Waals surface area (Å²) in [5, 5.41) is 4.58. The van der Waals surface area contributed by atoms with E-state index in [1.54, 1.807) is 55.8 Å². The average Bonchev–Trinajstić information content (AvgIpc) is 3.79. The number of rotatable bonds is 16. The molecule has 8 aromatic rings. The van der Waals surface area contributed by atoms with Crippen molar-refractivity contribution in [1.29, 1.82) is 0 Å². The summed E-state index contributed by atoms with van der Waals surface area (Å²) >= 11 is -0.541. The van der Waals surface area contributed by atoms with E-state index in [9.17, 15) is 0 Å². The quantitative estimate of drug-likeness (QED) is 0.0528. The van der Waals surface area contributed by atoms with E-state index >= 15 is 4.79 Å². The molecule has 0 amide bonds. The Labute approximate surface area is 435 Å². The molecule has 0 aliphatic heterocycles. The number of hydrogen-bond donors (Lipinski definition) is 0. The van der Waals surface area contributed by atoms with E-state index in [0.29, 0.717) is 74.9 Å². The Kier molecular flexibility index (Phi) is 14.6. The number of benzene rings is 7. The Hall–Kier alpha value is -7.26. The molecule has 73 heavy (non-hydrogen) atoms. The van der Waals surface area contributed by atoms with E-state index in [1.807, 2.05) is 60.7 Å². The Balaban J connectivity index is 1.29. The molecule has 1 aliphatic carbocycles. The number of pyridine rings is 1. The molecule has 9 rings (SSSR count). The molecular weight excluding hydrogens is 998 g/mol. The van der Waals surface area contributed by atoms with Gasteiger partial charge in [0.05, 0.1) is 0 Å². The van der Waals surface area contributed by atoms with Crippen LogP contribution in [0.25, 0.3) is 21.5 Å². The van der Waals surface area contributed by atoms with E-state index < -0.39 is 27.6 Å². The van der Waals surface area contributed by atoms with Gasteiger partial charge < -0.3 is 0 Å². The van der Waals surface area contributed by atoms with E-state index in [0.717, 1.165) is 26.5 Å². The first-order chi connectivity index (χ1) is 35.4. The molecule has 1 aliphatic rings. The second-order valence-electron chi connectivity index (χ2n) is 18.7. The van der Waals surface area contributed by atoms with Gasteiger partial charge in [-0.05, 0) is 0 Å². The predicted octanol–water partition coefficient (Wildman–Crippen LogP) is 9.98. The van der Waals surface area contributed by atoms with Crippen molar-refractivity contribution in [2.24, 2.45) is 0 Å². The van der Waals surface area contributed by atoms with Gasteiger partial charge in [0.25, 0.3) is 0 Å². The van der Waals surface area contributed by atoms with Crippen LogP contribution < -0.4 is 48.0 Å². The standard InChI is InChI=1S/C61H59NO9SeSi/c1-60(2,3)73(44-27-19-13-20-28-44,45-29-21-14-22-30-45)71-38-42-36-41-35-40-33-34-61(72-43-25-17-12-18-26-43,53(40)57(69-9)49(41)59(62-42)70-10)58(63)50-46(32-31-39-23-15-11-16-24-39)54(66-6)52-51(56(50)68-8)47(64-4)37-48(65-5)55(52)67-7/h11-30,35-37H,33-34,38H2,1-10H3. The van der Waals surface area contributed by atoms with E-state index in [1.165, 1.54) is 10.4 Å². The fourth-order valence-electron chi connectivity index (χ4n) is 10.6. The van der Waals surface area contributed by atoms with Crippen LogP contribution in [-0.2, 0) is 21.8 Å². The molecule has 1 aromatic heterocycles. The summed E-state index contributed by atoms with van der Waals surface area (Å²) in [5.74, 6) is 9.15. The summed E-state index contributed by atoms with van der Waals surface area (Å²) in [7, 11) is 8.13. The number of carbonyl (C=O) groups is 1. The number of aromatic nitrogens is 1. The van der Waals surface area contributed by atoms with E-state index in [4.69, 9.17) is 42.6 Å². The van der Waals surface area contributed by atoms with Gasteiger partial charge in [-0.2, -0.15) is 0 Å². The number of carbonyl (C=O) groups excluding carboxylic acids is 1. The van der Waals surface area contributed by atoms with Gasteiger partial charge in [0.2, 0.25) is 0 Å². The topological polar surface area (TPSA) is 104 Å². The maximum absolute atomic E-state index is 16.8. The van der Waals surface area contributed by atoms with Gasteiger partial charge in [0.15, 0.2) is 0 Å². The zero-order valence-electron chi connectivity index (χ0n) is 42.9. The summed E-state index contributed by atoms with van der Waals surface area (Å²) in [6.07, 6.45) is 1.04. The minimum absolute atomic E-state index is 0.207. The summed E-state index contributed by atoms with van der Waals surface area (Å²) in [6, 6.07) is 46.9. The maximum atomic E-state index is 16.8. The normalized spacial score (nSPS) is 14.2. The van der Waals surface area contributed by atoms with E-state index in [2.05, 4.69) is 105 Å². The van der Waals surface area contributed by atoms with Crippen LogP contribution in [0.2, 0.25) is 5.04 Å². The minimum atomic E-state index is -2.93. The molecule has 1 heterocycles. The van der Waals surface area contributed by atoms with Crippen molar-refractivity contribution in [2.75, 3.05) is 49.8 Å². The number of methoxy groups -OCH3 is 7. The first kappa shape index (κ1) is 50.7. The molecular formula is C61H59NO9SeSi. The summed E-state index contributed by atoms with van der Waals surface area (Å²) in [6.45, 7) is 7.02. The van der Waals surface area contributed by atoms with Crippen molar-refractivity contribution >= 4 is 65.4 Å². The van der Waals surface area contributed by atoms with Crippen LogP contribution in [-0.4, -0.2) is 83.8 Å². The Bertz CT molecular complexity index is 3350. The van der Waals surface area contributed by atoms with E-state index in [-0.39, 0.29) is 28.7 Å². The van der Waals surface area contributed by atoms with Gasteiger partial charge >= 0.3 is 401 Å². The molecule has 0 bridgehead atoms. The van der Waals surface area contributed by atoms with Gasteiger partial charge in [0, 0.05) is 0 Å². The third kappa shape index (κ3) is 8.84. The van der Waals surface area contributed by atoms with Crippen LogP contribution in [0.4, 0.5) is 0 Å². The van der Waals surface area contributed by atoms with Crippen molar-refractivity contribution in [3.05, 3.63) is 173 Å². The third-order valence-electron chi connectivity index (χ3n) is 13.7. The predicted molar refractivity (Wildman–Crippen MR) is 293 cm³/mol. The monoisotopic (exact) mass is 1060 g/mol. The average molecular weight is 1060 g/mol. The SMILES string of the molecule is COc1cc(OC)c2c(OC)c(C(=O)C3([Se]c4ccccc4)CCc4cc5cc(CO[Si](c6ccccc6)(c6ccccc6)C(C)(C)C)nc(OC)c5c(OC)c43)c(C#Cc3ccccc3)c(OC)c2c1OC. The molecule has 10 nitrogen and oxygen atoms in total. The van der Waals surface area contributed by atoms with Crippen LogP contribution in [0.5, 0.6) is 40.4 Å². The van der Waals surface area contributed by atoms with Crippen LogP contribution in [0.15, 0.2) is 140 Å². The van der Waals surface area contributed by atoms with Gasteiger partial charge in [-0.25, -0.2) is 0 Å². The number of aryl methyl sites for hydroxylation is 1. The zero-order chi connectivity index (χ0) is 51.5. The number of nitrogens with zero attached hydrogens (tertiary/aromatic N) is 1. The second-order valence-corrected chi connectivity index (χ2v) is 25.9. The summed E-state index contributed by atoms with van der Waals surface area (Å²) in [5.41, 5.74) is 3.79. The number of ketones is 1. The van der Waals surface area contributed by atoms with Gasteiger partial charge in [-0.3, -0.25) is 0 Å². The Morgan fingerprint density at radius 2 is 1.19 bits per heavy atom. The molecule has 12 heteroatoms. The molecule has 0 saturated carbocycles. The van der Waals surface area contributed by atoms with Crippen molar-refractivity contribution in [1.82, 2.24) is 4.98 Å². The van der Waals surface area contributed by atoms with Crippen molar-refractivity contribution in [2.45, 2.75) is 49.6 Å². The molecule has 0 N–H and O–H groups in total. The molecule has 0 spiro atoms. The molecule has 7 aromatic carbocycles. The number of fused-ring (bicyclic) bond motifs is 3. The van der Waals surface area contributed by atoms with Crippen LogP contribution >= 0.6 is 0 Å². The zero-order valence-corrected chi connectivity index (χ0v) is 45.6. The van der Waals surface area contributed by atoms with Crippen LogP contribution in [0, 0.1) is 11.8 Å². The number of ether oxygens (including phenoxy) is 7. The fraction of sp³-hybridized carbons (Fsp3) is 0.246. The van der Waals surface area contributed by atoms with Crippen molar-refractivity contribution in [3.63, 3.8) is 0 Å². The van der Waals surface area contributed by atoms with Crippen molar-refractivity contribution < 1.29 is 42.4 Å². The number of Topliss-reactive ketones (excluding diaryl/α,β-unsaturated/α-hetero) is 1. The van der Waals surface area contributed by atoms with Gasteiger partial charge in [-0.15, -0.1) is 0 Å². The molecule has 372 valence electrons. The summed E-state index contributed by atoms with van der Waals surface area (Å²) in [4.78, 5) is 22.0. The van der Waals surface area contributed by atoms with Crippen LogP contribution in [0.3, 0.4) is 0 Å². The molecule has 0 fully saturated rings. The molecule has 0 radical (unpaired) electrons. The fourth-order valence-corrected chi connectivity index (χ4v) is 18.1. The molecule has 0 saturated heterocycles. The van der Waals surface area contributed by atoms with Crippen LogP contribution in [0.1, 0.15) is 65.5 Å². The molecule has 1 unspecified atom stereocenters. The summed E-state index contributed by atoms with van der Waals surface area (Å²) < 4.78 is 50.8. The molecule has 1 atom stereocenters. The first-order valence-corrected chi connectivity index (χ1v) is 27.6. The third-order valence-corrected chi connectivity index (χ3v) is 21.8. The van der Waals surface area contributed by atoms with Gasteiger partial charge in [-0.1, -0.05) is 36.4 Å². The Morgan fingerprint density at radius 1 is 0.616 bits per heavy atom. The Morgan fingerprint density at radius 3 is 1.74 bits per heavy atom. The van der Waals surface area contributed by atoms with Crippen molar-refractivity contribution in [3.8, 4) is 52.2 Å². The first-order valence-electron chi connectivity index (χ1n) is 24.0. The van der Waals surface area contributed by atoms with Gasteiger partial charge in [0.1, 0.15) is 0 Å².